The number of benzene rings is 1. The molecule has 0 radical (unpaired) electrons. The summed E-state index contributed by atoms with van der Waals surface area (Å²) >= 11 is 0. The van der Waals surface area contributed by atoms with E-state index in [4.69, 9.17) is 14.6 Å². The van der Waals surface area contributed by atoms with Crippen LogP contribution in [0.5, 0.6) is 0 Å². The van der Waals surface area contributed by atoms with Gasteiger partial charge in [0.15, 0.2) is 0 Å². The van der Waals surface area contributed by atoms with Crippen LogP contribution >= 0.6 is 0 Å². The first kappa shape index (κ1) is 15.4. The normalized spacial score (nSPS) is 34.1. The first-order chi connectivity index (χ1) is 9.63. The molecule has 1 saturated heterocycles. The topological polar surface area (TPSA) is 99.4 Å². The van der Waals surface area contributed by atoms with Crippen molar-refractivity contribution >= 4 is 0 Å². The van der Waals surface area contributed by atoms with Crippen LogP contribution in [-0.2, 0) is 16.1 Å². The molecule has 1 aliphatic rings. The van der Waals surface area contributed by atoms with Crippen molar-refractivity contribution in [2.45, 2.75) is 37.1 Å². The van der Waals surface area contributed by atoms with Crippen molar-refractivity contribution in [2.75, 3.05) is 13.2 Å². The average molecular weight is 284 g/mol. The Morgan fingerprint density at radius 3 is 2.25 bits per heavy atom. The summed E-state index contributed by atoms with van der Waals surface area (Å²) in [6.07, 6.45) is -5.61. The smallest absolute Gasteiger partial charge is 0.111 e. The van der Waals surface area contributed by atoms with Crippen LogP contribution in [0.4, 0.5) is 0 Å². The van der Waals surface area contributed by atoms with Gasteiger partial charge < -0.3 is 29.9 Å². The molecule has 1 aliphatic heterocycles. The number of rotatable bonds is 5. The van der Waals surface area contributed by atoms with Gasteiger partial charge in [-0.15, -0.1) is 0 Å². The van der Waals surface area contributed by atoms with Crippen LogP contribution in [0, 0.1) is 0 Å². The lowest BCUT2D eigenvalue weighted by molar-refractivity contribution is -0.239. The van der Waals surface area contributed by atoms with Crippen LogP contribution < -0.4 is 0 Å². The molecule has 2 rings (SSSR count). The van der Waals surface area contributed by atoms with E-state index in [1.54, 1.807) is 0 Å². The Kier molecular flexibility index (Phi) is 5.47. The third kappa shape index (κ3) is 3.54. The van der Waals surface area contributed by atoms with Crippen molar-refractivity contribution in [3.63, 3.8) is 0 Å². The molecule has 0 unspecified atom stereocenters. The largest absolute Gasteiger partial charge is 0.394 e. The summed E-state index contributed by atoms with van der Waals surface area (Å²) in [5.74, 6) is 0. The fourth-order valence-corrected chi connectivity index (χ4v) is 2.18. The van der Waals surface area contributed by atoms with Gasteiger partial charge in [-0.2, -0.15) is 0 Å². The molecule has 1 aromatic carbocycles. The third-order valence-electron chi connectivity index (χ3n) is 3.38. The fraction of sp³-hybridized carbons (Fsp3) is 0.571. The highest BCUT2D eigenvalue weighted by atomic mass is 16.6. The van der Waals surface area contributed by atoms with E-state index >= 15 is 0 Å². The van der Waals surface area contributed by atoms with E-state index in [0.29, 0.717) is 6.61 Å². The highest BCUT2D eigenvalue weighted by Crippen LogP contribution is 2.21. The van der Waals surface area contributed by atoms with Gasteiger partial charge in [-0.1, -0.05) is 30.3 Å². The summed E-state index contributed by atoms with van der Waals surface area (Å²) in [5.41, 5.74) is 0.983. The zero-order valence-electron chi connectivity index (χ0n) is 11.0. The van der Waals surface area contributed by atoms with E-state index in [-0.39, 0.29) is 6.61 Å². The monoisotopic (exact) mass is 284 g/mol. The summed E-state index contributed by atoms with van der Waals surface area (Å²) < 4.78 is 10.8. The van der Waals surface area contributed by atoms with Crippen LogP contribution in [0.2, 0.25) is 0 Å². The van der Waals surface area contributed by atoms with Gasteiger partial charge in [0, 0.05) is 0 Å². The summed E-state index contributed by atoms with van der Waals surface area (Å²) in [7, 11) is 0. The van der Waals surface area contributed by atoms with Gasteiger partial charge in [-0.25, -0.2) is 0 Å². The first-order valence-corrected chi connectivity index (χ1v) is 6.55. The second kappa shape index (κ2) is 7.12. The third-order valence-corrected chi connectivity index (χ3v) is 3.38. The molecule has 6 heteroatoms. The van der Waals surface area contributed by atoms with Gasteiger partial charge in [-0.3, -0.25) is 0 Å². The van der Waals surface area contributed by atoms with Gasteiger partial charge in [0.25, 0.3) is 0 Å². The molecule has 6 nitrogen and oxygen atoms in total. The fourth-order valence-electron chi connectivity index (χ4n) is 2.18. The summed E-state index contributed by atoms with van der Waals surface area (Å²) in [4.78, 5) is 0. The molecule has 0 aliphatic carbocycles. The van der Waals surface area contributed by atoms with Crippen molar-refractivity contribution in [1.29, 1.82) is 0 Å². The van der Waals surface area contributed by atoms with Crippen LogP contribution in [0.15, 0.2) is 30.3 Å². The standard InChI is InChI=1S/C14H20O6/c15-6-10-12(16)14(18)13(17)11(20-10)8-19-7-9-4-2-1-3-5-9/h1-5,10-18H,6-8H2/t10-,11+,12-,13+,14+/m0/s1. The van der Waals surface area contributed by atoms with Gasteiger partial charge in [0.05, 0.1) is 19.8 Å². The van der Waals surface area contributed by atoms with Crippen molar-refractivity contribution in [2.24, 2.45) is 0 Å². The molecule has 0 saturated carbocycles. The zero-order chi connectivity index (χ0) is 14.5. The quantitative estimate of drug-likeness (QED) is 0.556. The van der Waals surface area contributed by atoms with Gasteiger partial charge in [0.2, 0.25) is 0 Å². The van der Waals surface area contributed by atoms with Crippen molar-refractivity contribution in [3.05, 3.63) is 35.9 Å². The summed E-state index contributed by atoms with van der Waals surface area (Å²) in [6, 6.07) is 9.51. The van der Waals surface area contributed by atoms with Gasteiger partial charge in [0.1, 0.15) is 30.5 Å². The Morgan fingerprint density at radius 2 is 1.60 bits per heavy atom. The number of aliphatic hydroxyl groups excluding tert-OH is 4. The molecule has 5 atom stereocenters. The Morgan fingerprint density at radius 1 is 0.950 bits per heavy atom. The van der Waals surface area contributed by atoms with Crippen LogP contribution in [-0.4, -0.2) is 64.2 Å². The predicted molar refractivity (Wildman–Crippen MR) is 69.9 cm³/mol. The molecule has 0 spiro atoms. The molecule has 4 N–H and O–H groups in total. The Hall–Kier alpha value is -1.02. The maximum absolute atomic E-state index is 9.82. The highest BCUT2D eigenvalue weighted by molar-refractivity contribution is 5.13. The van der Waals surface area contributed by atoms with Crippen molar-refractivity contribution in [3.8, 4) is 0 Å². The van der Waals surface area contributed by atoms with E-state index in [0.717, 1.165) is 5.56 Å². The predicted octanol–water partition coefficient (Wildman–Crippen LogP) is -0.954. The van der Waals surface area contributed by atoms with E-state index < -0.39 is 37.1 Å². The highest BCUT2D eigenvalue weighted by Gasteiger charge is 2.43. The maximum atomic E-state index is 9.82. The second-order valence-electron chi connectivity index (χ2n) is 4.87. The lowest BCUT2D eigenvalue weighted by atomic mass is 9.95. The van der Waals surface area contributed by atoms with Crippen LogP contribution in [0.3, 0.4) is 0 Å². The first-order valence-electron chi connectivity index (χ1n) is 6.55. The lowest BCUT2D eigenvalue weighted by Gasteiger charge is -2.39. The Labute approximate surface area is 117 Å². The molecule has 0 bridgehead atoms. The molecular formula is C14H20O6. The second-order valence-corrected chi connectivity index (χ2v) is 4.87. The SMILES string of the molecule is OC[C@@H]1O[C@H](COCc2ccccc2)[C@@H](O)[C@H](O)[C@H]1O. The molecule has 1 fully saturated rings. The summed E-state index contributed by atoms with van der Waals surface area (Å²) in [6.45, 7) is -0.00761. The van der Waals surface area contributed by atoms with Gasteiger partial charge >= 0.3 is 0 Å². The van der Waals surface area contributed by atoms with Gasteiger partial charge in [-0.05, 0) is 5.56 Å². The molecular weight excluding hydrogens is 264 g/mol. The van der Waals surface area contributed by atoms with E-state index in [1.165, 1.54) is 0 Å². The maximum Gasteiger partial charge on any atom is 0.111 e. The Bertz CT molecular complexity index is 396. The summed E-state index contributed by atoms with van der Waals surface area (Å²) in [5, 5.41) is 38.2. The van der Waals surface area contributed by atoms with Crippen molar-refractivity contribution in [1.82, 2.24) is 0 Å². The van der Waals surface area contributed by atoms with Crippen LogP contribution in [0.25, 0.3) is 0 Å². The number of hydrogen-bond acceptors (Lipinski definition) is 6. The van der Waals surface area contributed by atoms with E-state index in [9.17, 15) is 15.3 Å². The molecule has 1 heterocycles. The number of aliphatic hydroxyl groups is 4. The molecule has 0 amide bonds. The van der Waals surface area contributed by atoms with E-state index in [1.807, 2.05) is 30.3 Å². The molecule has 112 valence electrons. The van der Waals surface area contributed by atoms with E-state index in [2.05, 4.69) is 0 Å². The Balaban J connectivity index is 1.85. The number of hydrogen-bond donors (Lipinski definition) is 4. The molecule has 0 aromatic heterocycles. The minimum Gasteiger partial charge on any atom is -0.394 e. The molecule has 1 aromatic rings. The van der Waals surface area contributed by atoms with Crippen molar-refractivity contribution < 1.29 is 29.9 Å². The van der Waals surface area contributed by atoms with Crippen LogP contribution in [0.1, 0.15) is 5.56 Å². The number of ether oxygens (including phenoxy) is 2. The minimum absolute atomic E-state index is 0.0658. The minimum atomic E-state index is -1.36. The zero-order valence-corrected chi connectivity index (χ0v) is 11.0. The molecule has 20 heavy (non-hydrogen) atoms. The average Bonchev–Trinajstić information content (AvgIpc) is 2.48. The lowest BCUT2D eigenvalue weighted by Crippen LogP contribution is -2.59.